The van der Waals surface area contributed by atoms with Crippen LogP contribution in [0.25, 0.3) is 0 Å². The molecule has 1 unspecified atom stereocenters. The fourth-order valence-corrected chi connectivity index (χ4v) is 0.936. The van der Waals surface area contributed by atoms with E-state index in [1.807, 2.05) is 47.6 Å². The maximum absolute atomic E-state index is 9.14. The van der Waals surface area contributed by atoms with Crippen LogP contribution in [0.1, 0.15) is 54.9 Å². The van der Waals surface area contributed by atoms with E-state index < -0.39 is 0 Å². The first-order chi connectivity index (χ1) is 7.61. The van der Waals surface area contributed by atoms with Crippen molar-refractivity contribution in [2.24, 2.45) is 5.92 Å². The van der Waals surface area contributed by atoms with Crippen LogP contribution in [0.4, 0.5) is 0 Å². The highest BCUT2D eigenvalue weighted by atomic mass is 16.3. The molecule has 1 rings (SSSR count). The van der Waals surface area contributed by atoms with Crippen LogP contribution in [0.2, 0.25) is 0 Å². The summed E-state index contributed by atoms with van der Waals surface area (Å²) in [6.45, 7) is 17.3. The summed E-state index contributed by atoms with van der Waals surface area (Å²) >= 11 is 0. The van der Waals surface area contributed by atoms with Gasteiger partial charge in [-0.2, -0.15) is 0 Å². The minimum atomic E-state index is 0.453. The average molecular weight is 226 g/mol. The normalized spacial score (nSPS) is 16.8. The fraction of sp³-hybridized carbons (Fsp3) is 0.600. The van der Waals surface area contributed by atoms with Gasteiger partial charge in [-0.25, -0.2) is 0 Å². The summed E-state index contributed by atoms with van der Waals surface area (Å²) in [6, 6.07) is 0. The Kier molecular flexibility index (Phi) is 21.0. The van der Waals surface area contributed by atoms with Gasteiger partial charge in [0.25, 0.3) is 0 Å². The van der Waals surface area contributed by atoms with Crippen LogP contribution < -0.4 is 0 Å². The Hall–Kier alpha value is -0.980. The number of hydrogen-bond donors (Lipinski definition) is 1. The van der Waals surface area contributed by atoms with E-state index in [0.29, 0.717) is 11.7 Å². The summed E-state index contributed by atoms with van der Waals surface area (Å²) in [6.07, 6.45) is 6.78. The maximum Gasteiger partial charge on any atom is 0.114 e. The molecule has 0 bridgehead atoms. The molecule has 0 saturated carbocycles. The second-order valence-corrected chi connectivity index (χ2v) is 3.06. The molecule has 16 heavy (non-hydrogen) atoms. The van der Waals surface area contributed by atoms with Crippen LogP contribution in [-0.4, -0.2) is 5.11 Å². The first kappa shape index (κ1) is 20.4. The third-order valence-corrected chi connectivity index (χ3v) is 1.64. The van der Waals surface area contributed by atoms with Crippen LogP contribution in [0.15, 0.2) is 36.1 Å². The Morgan fingerprint density at radius 2 is 1.69 bits per heavy atom. The van der Waals surface area contributed by atoms with E-state index in [1.165, 1.54) is 0 Å². The monoisotopic (exact) mass is 226 g/mol. The predicted octanol–water partition coefficient (Wildman–Crippen LogP) is 5.66. The van der Waals surface area contributed by atoms with Crippen molar-refractivity contribution in [2.45, 2.75) is 54.9 Å². The van der Waals surface area contributed by atoms with E-state index in [4.69, 9.17) is 5.11 Å². The molecule has 0 spiro atoms. The second-order valence-electron chi connectivity index (χ2n) is 3.06. The fourth-order valence-electron chi connectivity index (χ4n) is 0.936. The van der Waals surface area contributed by atoms with E-state index in [9.17, 15) is 0 Å². The van der Waals surface area contributed by atoms with Gasteiger partial charge >= 0.3 is 0 Å². The molecule has 0 amide bonds. The van der Waals surface area contributed by atoms with E-state index >= 15 is 0 Å². The Labute approximate surface area is 103 Å². The van der Waals surface area contributed by atoms with E-state index in [1.54, 1.807) is 6.08 Å². The standard InChI is InChI=1S/C8H12O.C3H6.2C2H6/c1-6-3-4-7(2)8(9)5-6;1-3-2;2*1-2/h4-6,9H,3H2,1-2H3;3H,1H2,2H3;2*1-2H3. The minimum Gasteiger partial charge on any atom is -0.508 e. The largest absolute Gasteiger partial charge is 0.508 e. The highest BCUT2D eigenvalue weighted by Gasteiger charge is 2.06. The van der Waals surface area contributed by atoms with Gasteiger partial charge in [0.15, 0.2) is 0 Å². The molecule has 0 fully saturated rings. The van der Waals surface area contributed by atoms with Gasteiger partial charge in [0.1, 0.15) is 5.76 Å². The van der Waals surface area contributed by atoms with Gasteiger partial charge in [0.05, 0.1) is 0 Å². The molecule has 1 heteroatoms. The molecule has 0 saturated heterocycles. The van der Waals surface area contributed by atoms with Crippen molar-refractivity contribution in [1.29, 1.82) is 0 Å². The molecular weight excluding hydrogens is 196 g/mol. The molecule has 0 aliphatic heterocycles. The van der Waals surface area contributed by atoms with E-state index in [2.05, 4.69) is 19.6 Å². The highest BCUT2D eigenvalue weighted by molar-refractivity contribution is 5.26. The zero-order valence-electron chi connectivity index (χ0n) is 12.2. The van der Waals surface area contributed by atoms with Crippen molar-refractivity contribution in [3.8, 4) is 0 Å². The molecule has 1 nitrogen and oxygen atoms in total. The molecule has 0 aromatic carbocycles. The molecule has 0 aromatic heterocycles. The van der Waals surface area contributed by atoms with Crippen molar-refractivity contribution < 1.29 is 5.11 Å². The average Bonchev–Trinajstić information content (AvgIpc) is 2.31. The van der Waals surface area contributed by atoms with Crippen LogP contribution in [0.3, 0.4) is 0 Å². The topological polar surface area (TPSA) is 20.2 Å². The zero-order chi connectivity index (χ0) is 13.6. The van der Waals surface area contributed by atoms with Crippen LogP contribution in [0.5, 0.6) is 0 Å². The lowest BCUT2D eigenvalue weighted by molar-refractivity contribution is 0.410. The SMILES string of the molecule is C=CC.CC.CC.CC1=CCC(C)C=C1O. The van der Waals surface area contributed by atoms with Crippen LogP contribution in [-0.2, 0) is 0 Å². The Bertz CT molecular complexity index is 199. The van der Waals surface area contributed by atoms with E-state index in [-0.39, 0.29) is 0 Å². The first-order valence-corrected chi connectivity index (χ1v) is 6.26. The molecule has 1 aliphatic carbocycles. The highest BCUT2D eigenvalue weighted by Crippen LogP contribution is 2.19. The summed E-state index contributed by atoms with van der Waals surface area (Å²) in [7, 11) is 0. The van der Waals surface area contributed by atoms with E-state index in [0.717, 1.165) is 12.0 Å². The van der Waals surface area contributed by atoms with Gasteiger partial charge in [0.2, 0.25) is 0 Å². The van der Waals surface area contributed by atoms with Crippen molar-refractivity contribution in [3.05, 3.63) is 36.1 Å². The number of aliphatic hydroxyl groups is 1. The Balaban J connectivity index is -0.000000206. The number of rotatable bonds is 0. The molecule has 1 N–H and O–H groups in total. The lowest BCUT2D eigenvalue weighted by Crippen LogP contribution is -1.98. The van der Waals surface area contributed by atoms with Crippen molar-refractivity contribution in [3.63, 3.8) is 0 Å². The third kappa shape index (κ3) is 13.0. The maximum atomic E-state index is 9.14. The summed E-state index contributed by atoms with van der Waals surface area (Å²) in [4.78, 5) is 0. The van der Waals surface area contributed by atoms with Gasteiger partial charge in [0, 0.05) is 0 Å². The summed E-state index contributed by atoms with van der Waals surface area (Å²) in [5.74, 6) is 0.961. The first-order valence-electron chi connectivity index (χ1n) is 6.26. The molecule has 0 radical (unpaired) electrons. The quantitative estimate of drug-likeness (QED) is 0.528. The van der Waals surface area contributed by atoms with Gasteiger partial charge < -0.3 is 5.11 Å². The molecule has 96 valence electrons. The smallest absolute Gasteiger partial charge is 0.114 e. The molecule has 1 aliphatic rings. The molecular formula is C15H30O. The summed E-state index contributed by atoms with van der Waals surface area (Å²) < 4.78 is 0. The predicted molar refractivity (Wildman–Crippen MR) is 76.8 cm³/mol. The van der Waals surface area contributed by atoms with Crippen molar-refractivity contribution in [2.75, 3.05) is 0 Å². The number of hydrogen-bond acceptors (Lipinski definition) is 1. The van der Waals surface area contributed by atoms with Gasteiger partial charge in [-0.15, -0.1) is 6.58 Å². The van der Waals surface area contributed by atoms with Crippen molar-refractivity contribution in [1.82, 2.24) is 0 Å². The molecule has 0 heterocycles. The Morgan fingerprint density at radius 3 is 1.94 bits per heavy atom. The van der Waals surface area contributed by atoms with Crippen LogP contribution >= 0.6 is 0 Å². The van der Waals surface area contributed by atoms with Gasteiger partial charge in [-0.1, -0.05) is 46.8 Å². The number of allylic oxidation sites excluding steroid dienone is 4. The summed E-state index contributed by atoms with van der Waals surface area (Å²) in [5.41, 5.74) is 1.01. The minimum absolute atomic E-state index is 0.453. The third-order valence-electron chi connectivity index (χ3n) is 1.64. The number of aliphatic hydroxyl groups excluding tert-OH is 1. The molecule has 0 aromatic rings. The lowest BCUT2D eigenvalue weighted by atomic mass is 9.98. The van der Waals surface area contributed by atoms with Crippen LogP contribution in [0, 0.1) is 5.92 Å². The summed E-state index contributed by atoms with van der Waals surface area (Å²) in [5, 5.41) is 9.14. The zero-order valence-corrected chi connectivity index (χ0v) is 12.2. The van der Waals surface area contributed by atoms with Crippen molar-refractivity contribution >= 4 is 0 Å². The second kappa shape index (κ2) is 16.4. The Morgan fingerprint density at radius 1 is 1.31 bits per heavy atom. The lowest BCUT2D eigenvalue weighted by Gasteiger charge is -2.11. The molecule has 1 atom stereocenters. The van der Waals surface area contributed by atoms with Gasteiger partial charge in [-0.3, -0.25) is 0 Å². The van der Waals surface area contributed by atoms with Gasteiger partial charge in [-0.05, 0) is 37.8 Å².